The highest BCUT2D eigenvalue weighted by Crippen LogP contribution is 2.36. The summed E-state index contributed by atoms with van der Waals surface area (Å²) in [5.41, 5.74) is 1.95. The molecule has 5 nitrogen and oxygen atoms in total. The fraction of sp³-hybridized carbons (Fsp3) is 0.435. The largest absolute Gasteiger partial charge is 0.497 e. The van der Waals surface area contributed by atoms with Gasteiger partial charge in [0, 0.05) is 30.6 Å². The number of ether oxygens (including phenoxy) is 3. The molecule has 2 heterocycles. The number of piperidine rings is 1. The standard InChI is InChI=1S/C23H27NO4/c1-26-20-8-9-21(22(12-20)27-2)23(25)17-10-18-14-28-15-19(11-17)24(18)13-16-6-4-3-5-7-16/h3-9,12,17-19H,10-11,13-15H2,1-2H3. The molecule has 4 rings (SSSR count). The second-order valence-electron chi connectivity index (χ2n) is 7.60. The Morgan fingerprint density at radius 3 is 2.39 bits per heavy atom. The molecule has 0 aromatic heterocycles. The molecule has 2 unspecified atom stereocenters. The zero-order valence-corrected chi connectivity index (χ0v) is 16.5. The molecule has 2 fully saturated rings. The van der Waals surface area contributed by atoms with Crippen molar-refractivity contribution in [3.05, 3.63) is 59.7 Å². The maximum Gasteiger partial charge on any atom is 0.169 e. The van der Waals surface area contributed by atoms with Gasteiger partial charge in [0.15, 0.2) is 5.78 Å². The van der Waals surface area contributed by atoms with Crippen molar-refractivity contribution >= 4 is 5.78 Å². The number of Topliss-reactive ketones (excluding diaryl/α,β-unsaturated/α-hetero) is 1. The van der Waals surface area contributed by atoms with Crippen LogP contribution in [0.2, 0.25) is 0 Å². The Bertz CT molecular complexity index is 809. The topological polar surface area (TPSA) is 48.0 Å². The number of rotatable bonds is 6. The van der Waals surface area contributed by atoms with Crippen molar-refractivity contribution in [3.63, 3.8) is 0 Å². The van der Waals surface area contributed by atoms with Gasteiger partial charge in [-0.1, -0.05) is 30.3 Å². The lowest BCUT2D eigenvalue weighted by Crippen LogP contribution is -2.57. The van der Waals surface area contributed by atoms with Crippen LogP contribution in [0.1, 0.15) is 28.8 Å². The van der Waals surface area contributed by atoms with Crippen LogP contribution < -0.4 is 9.47 Å². The minimum absolute atomic E-state index is 0.00628. The summed E-state index contributed by atoms with van der Waals surface area (Å²) in [6.45, 7) is 2.28. The number of benzene rings is 2. The smallest absolute Gasteiger partial charge is 0.169 e. The summed E-state index contributed by atoms with van der Waals surface area (Å²) < 4.78 is 16.5. The van der Waals surface area contributed by atoms with Crippen LogP contribution in [0.3, 0.4) is 0 Å². The number of carbonyl (C=O) groups excluding carboxylic acids is 1. The Kier molecular flexibility index (Phi) is 5.64. The molecule has 0 amide bonds. The zero-order chi connectivity index (χ0) is 19.5. The molecular formula is C23H27NO4. The van der Waals surface area contributed by atoms with Crippen molar-refractivity contribution < 1.29 is 19.0 Å². The first kappa shape index (κ1) is 19.0. The number of nitrogens with zero attached hydrogens (tertiary/aromatic N) is 1. The van der Waals surface area contributed by atoms with Gasteiger partial charge >= 0.3 is 0 Å². The van der Waals surface area contributed by atoms with Crippen molar-refractivity contribution in [1.82, 2.24) is 4.90 Å². The van der Waals surface area contributed by atoms with Crippen LogP contribution in [0, 0.1) is 5.92 Å². The van der Waals surface area contributed by atoms with Crippen LogP contribution in [0.5, 0.6) is 11.5 Å². The van der Waals surface area contributed by atoms with E-state index in [2.05, 4.69) is 29.2 Å². The van der Waals surface area contributed by atoms with Crippen LogP contribution in [0.25, 0.3) is 0 Å². The lowest BCUT2D eigenvalue weighted by Gasteiger charge is -2.48. The summed E-state index contributed by atoms with van der Waals surface area (Å²) in [7, 11) is 3.20. The highest BCUT2D eigenvalue weighted by molar-refractivity contribution is 6.00. The Hall–Kier alpha value is -2.37. The van der Waals surface area contributed by atoms with Gasteiger partial charge in [-0.25, -0.2) is 0 Å². The maximum atomic E-state index is 13.3. The van der Waals surface area contributed by atoms with Crippen molar-refractivity contribution in [1.29, 1.82) is 0 Å². The van der Waals surface area contributed by atoms with Crippen molar-refractivity contribution in [3.8, 4) is 11.5 Å². The molecule has 0 aliphatic carbocycles. The minimum Gasteiger partial charge on any atom is -0.497 e. The highest BCUT2D eigenvalue weighted by Gasteiger charge is 2.41. The van der Waals surface area contributed by atoms with E-state index >= 15 is 0 Å². The van der Waals surface area contributed by atoms with E-state index in [0.29, 0.717) is 30.3 Å². The summed E-state index contributed by atoms with van der Waals surface area (Å²) in [6, 6.07) is 16.5. The highest BCUT2D eigenvalue weighted by atomic mass is 16.5. The van der Waals surface area contributed by atoms with E-state index in [1.807, 2.05) is 18.2 Å². The number of hydrogen-bond acceptors (Lipinski definition) is 5. The van der Waals surface area contributed by atoms with Crippen LogP contribution in [-0.2, 0) is 11.3 Å². The van der Waals surface area contributed by atoms with Crippen LogP contribution >= 0.6 is 0 Å². The molecule has 2 aliphatic heterocycles. The predicted molar refractivity (Wildman–Crippen MR) is 107 cm³/mol. The monoisotopic (exact) mass is 381 g/mol. The molecule has 5 heteroatoms. The Labute approximate surface area is 166 Å². The summed E-state index contributed by atoms with van der Waals surface area (Å²) in [5.74, 6) is 1.43. The zero-order valence-electron chi connectivity index (χ0n) is 16.5. The Balaban J connectivity index is 1.52. The summed E-state index contributed by atoms with van der Waals surface area (Å²) >= 11 is 0. The summed E-state index contributed by atoms with van der Waals surface area (Å²) in [6.07, 6.45) is 1.63. The third-order valence-corrected chi connectivity index (χ3v) is 5.92. The van der Waals surface area contributed by atoms with E-state index in [0.717, 1.165) is 19.4 Å². The van der Waals surface area contributed by atoms with Gasteiger partial charge in [-0.3, -0.25) is 9.69 Å². The average molecular weight is 381 g/mol. The van der Waals surface area contributed by atoms with Crippen LogP contribution in [0.15, 0.2) is 48.5 Å². The van der Waals surface area contributed by atoms with Crippen molar-refractivity contribution in [2.24, 2.45) is 5.92 Å². The lowest BCUT2D eigenvalue weighted by atomic mass is 9.80. The van der Waals surface area contributed by atoms with Gasteiger partial charge < -0.3 is 14.2 Å². The number of fused-ring (bicyclic) bond motifs is 2. The average Bonchev–Trinajstić information content (AvgIpc) is 2.73. The second kappa shape index (κ2) is 8.33. The number of morpholine rings is 1. The van der Waals surface area contributed by atoms with Gasteiger partial charge in [-0.2, -0.15) is 0 Å². The van der Waals surface area contributed by atoms with E-state index in [1.165, 1.54) is 5.56 Å². The molecule has 2 aliphatic rings. The Morgan fingerprint density at radius 1 is 1.04 bits per heavy atom. The first-order valence-corrected chi connectivity index (χ1v) is 9.83. The molecule has 2 aromatic carbocycles. The normalized spacial score (nSPS) is 24.6. The summed E-state index contributed by atoms with van der Waals surface area (Å²) in [5, 5.41) is 0. The lowest BCUT2D eigenvalue weighted by molar-refractivity contribution is -0.0873. The fourth-order valence-electron chi connectivity index (χ4n) is 4.48. The van der Waals surface area contributed by atoms with Gasteiger partial charge in [0.25, 0.3) is 0 Å². The molecule has 0 N–H and O–H groups in total. The maximum absolute atomic E-state index is 13.3. The quantitative estimate of drug-likeness (QED) is 0.716. The molecule has 28 heavy (non-hydrogen) atoms. The first-order valence-electron chi connectivity index (χ1n) is 9.83. The SMILES string of the molecule is COc1ccc(C(=O)C2CC3COCC(C2)N3Cc2ccccc2)c(OC)c1. The number of ketones is 1. The van der Waals surface area contributed by atoms with Crippen molar-refractivity contribution in [2.45, 2.75) is 31.5 Å². The predicted octanol–water partition coefficient (Wildman–Crippen LogP) is 3.57. The molecular weight excluding hydrogens is 354 g/mol. The second-order valence-corrected chi connectivity index (χ2v) is 7.60. The molecule has 0 saturated carbocycles. The van der Waals surface area contributed by atoms with E-state index in [9.17, 15) is 4.79 Å². The first-order chi connectivity index (χ1) is 13.7. The van der Waals surface area contributed by atoms with Gasteiger partial charge in [0.1, 0.15) is 11.5 Å². The third-order valence-electron chi connectivity index (χ3n) is 5.92. The minimum atomic E-state index is -0.00628. The number of hydrogen-bond donors (Lipinski definition) is 0. The van der Waals surface area contributed by atoms with Crippen LogP contribution in [0.4, 0.5) is 0 Å². The van der Waals surface area contributed by atoms with E-state index < -0.39 is 0 Å². The molecule has 2 saturated heterocycles. The third kappa shape index (κ3) is 3.77. The molecule has 2 bridgehead atoms. The molecule has 0 radical (unpaired) electrons. The van der Waals surface area contributed by atoms with Gasteiger partial charge in [0.05, 0.1) is 33.0 Å². The van der Waals surface area contributed by atoms with Gasteiger partial charge in [-0.05, 0) is 30.5 Å². The Morgan fingerprint density at radius 2 is 1.75 bits per heavy atom. The molecule has 2 aromatic rings. The van der Waals surface area contributed by atoms with E-state index in [4.69, 9.17) is 14.2 Å². The van der Waals surface area contributed by atoms with Gasteiger partial charge in [-0.15, -0.1) is 0 Å². The van der Waals surface area contributed by atoms with E-state index in [1.54, 1.807) is 20.3 Å². The van der Waals surface area contributed by atoms with Gasteiger partial charge in [0.2, 0.25) is 0 Å². The van der Waals surface area contributed by atoms with Crippen LogP contribution in [-0.4, -0.2) is 50.2 Å². The fourth-order valence-corrected chi connectivity index (χ4v) is 4.48. The number of carbonyl (C=O) groups is 1. The molecule has 148 valence electrons. The van der Waals surface area contributed by atoms with Crippen molar-refractivity contribution in [2.75, 3.05) is 27.4 Å². The molecule has 2 atom stereocenters. The van der Waals surface area contributed by atoms with E-state index in [-0.39, 0.29) is 23.8 Å². The number of methoxy groups -OCH3 is 2. The molecule has 0 spiro atoms. The summed E-state index contributed by atoms with van der Waals surface area (Å²) in [4.78, 5) is 15.8.